The summed E-state index contributed by atoms with van der Waals surface area (Å²) in [5.41, 5.74) is 7.69. The molecule has 0 aliphatic carbocycles. The predicted octanol–water partition coefficient (Wildman–Crippen LogP) is 3.41. The van der Waals surface area contributed by atoms with Crippen molar-refractivity contribution in [2.75, 3.05) is 5.32 Å². The highest BCUT2D eigenvalue weighted by Crippen LogP contribution is 2.24. The Balaban J connectivity index is 0.00000144. The van der Waals surface area contributed by atoms with Crippen LogP contribution in [0.3, 0.4) is 0 Å². The fraction of sp³-hybridized carbons (Fsp3) is 0.412. The van der Waals surface area contributed by atoms with Gasteiger partial charge in [0, 0.05) is 30.4 Å². The van der Waals surface area contributed by atoms with E-state index in [1.54, 1.807) is 13.8 Å². The molecule has 0 fully saturated rings. The van der Waals surface area contributed by atoms with Crippen molar-refractivity contribution in [2.24, 2.45) is 5.73 Å². The van der Waals surface area contributed by atoms with Crippen molar-refractivity contribution in [3.05, 3.63) is 36.3 Å². The van der Waals surface area contributed by atoms with E-state index in [-0.39, 0.29) is 30.7 Å². The van der Waals surface area contributed by atoms with Crippen molar-refractivity contribution in [2.45, 2.75) is 45.2 Å². The number of amides is 1. The van der Waals surface area contributed by atoms with Crippen molar-refractivity contribution in [1.82, 2.24) is 9.55 Å². The van der Waals surface area contributed by atoms with Gasteiger partial charge in [0.15, 0.2) is 0 Å². The quantitative estimate of drug-likeness (QED) is 0.869. The van der Waals surface area contributed by atoms with E-state index in [1.165, 1.54) is 18.7 Å². The molecule has 1 aliphatic heterocycles. The number of nitrogens with zero attached hydrogens (tertiary/aromatic N) is 2. The summed E-state index contributed by atoms with van der Waals surface area (Å²) in [6.07, 6.45) is 5.61. The number of nitrogens with one attached hydrogen (secondary N) is 1. The van der Waals surface area contributed by atoms with Crippen LogP contribution in [0.5, 0.6) is 0 Å². The summed E-state index contributed by atoms with van der Waals surface area (Å²) in [7, 11) is 0. The van der Waals surface area contributed by atoms with Gasteiger partial charge in [-0.3, -0.25) is 4.79 Å². The largest absolute Gasteiger partial charge is 0.334 e. The molecule has 1 aromatic carbocycles. The molecular weight excluding hydrogens is 347 g/mol. The number of halogens is 2. The maximum Gasteiger partial charge on any atom is 0.243 e. The van der Waals surface area contributed by atoms with E-state index in [1.807, 2.05) is 24.3 Å². The van der Waals surface area contributed by atoms with Crippen molar-refractivity contribution in [3.63, 3.8) is 0 Å². The van der Waals surface area contributed by atoms with E-state index in [0.29, 0.717) is 0 Å². The second kappa shape index (κ2) is 8.01. The van der Waals surface area contributed by atoms with Crippen LogP contribution < -0.4 is 11.1 Å². The summed E-state index contributed by atoms with van der Waals surface area (Å²) in [4.78, 5) is 16.6. The first kappa shape index (κ1) is 20.5. The van der Waals surface area contributed by atoms with Gasteiger partial charge in [-0.25, -0.2) is 4.98 Å². The smallest absolute Gasteiger partial charge is 0.243 e. The van der Waals surface area contributed by atoms with E-state index >= 15 is 0 Å². The lowest BCUT2D eigenvalue weighted by atomic mass is 10.1. The topological polar surface area (TPSA) is 72.9 Å². The molecular formula is C17H24Cl2N4O. The van der Waals surface area contributed by atoms with E-state index < -0.39 is 5.54 Å². The van der Waals surface area contributed by atoms with Crippen LogP contribution in [-0.2, 0) is 17.8 Å². The summed E-state index contributed by atoms with van der Waals surface area (Å²) in [5.74, 6) is 0.973. The molecule has 2 heterocycles. The molecule has 5 nitrogen and oxygen atoms in total. The average molecular weight is 371 g/mol. The number of carbonyl (C=O) groups excluding carboxylic acids is 1. The zero-order valence-corrected chi connectivity index (χ0v) is 15.5. The van der Waals surface area contributed by atoms with Crippen molar-refractivity contribution in [3.8, 4) is 11.3 Å². The highest BCUT2D eigenvalue weighted by Gasteiger charge is 2.21. The first-order valence-electron chi connectivity index (χ1n) is 7.70. The number of fused-ring (bicyclic) bond motifs is 1. The van der Waals surface area contributed by atoms with Crippen LogP contribution in [0.15, 0.2) is 30.5 Å². The molecule has 1 aromatic heterocycles. The molecule has 0 atom stereocenters. The fourth-order valence-electron chi connectivity index (χ4n) is 2.57. The number of nitrogens with two attached hydrogens (primary N) is 1. The number of benzene rings is 1. The Morgan fingerprint density at radius 2 is 1.88 bits per heavy atom. The Morgan fingerprint density at radius 3 is 2.46 bits per heavy atom. The molecule has 2 aromatic rings. The van der Waals surface area contributed by atoms with Gasteiger partial charge >= 0.3 is 0 Å². The normalized spacial score (nSPS) is 13.3. The molecule has 3 N–H and O–H groups in total. The predicted molar refractivity (Wildman–Crippen MR) is 102 cm³/mol. The molecule has 0 radical (unpaired) electrons. The van der Waals surface area contributed by atoms with Gasteiger partial charge in [-0.1, -0.05) is 12.1 Å². The molecule has 0 bridgehead atoms. The third kappa shape index (κ3) is 4.50. The van der Waals surface area contributed by atoms with Crippen LogP contribution >= 0.6 is 24.8 Å². The van der Waals surface area contributed by atoms with Gasteiger partial charge in [-0.05, 0) is 38.8 Å². The zero-order chi connectivity index (χ0) is 15.7. The van der Waals surface area contributed by atoms with Crippen LogP contribution in [0.4, 0.5) is 5.69 Å². The Morgan fingerprint density at radius 1 is 1.21 bits per heavy atom. The first-order valence-corrected chi connectivity index (χ1v) is 7.70. The lowest BCUT2D eigenvalue weighted by Crippen LogP contribution is -2.45. The van der Waals surface area contributed by atoms with E-state index in [9.17, 15) is 4.79 Å². The number of anilines is 1. The molecule has 1 amide bonds. The summed E-state index contributed by atoms with van der Waals surface area (Å²) in [5, 5.41) is 2.82. The van der Waals surface area contributed by atoms with Crippen molar-refractivity contribution < 1.29 is 4.79 Å². The third-order valence-corrected chi connectivity index (χ3v) is 3.93. The van der Waals surface area contributed by atoms with Crippen LogP contribution in [0.25, 0.3) is 11.3 Å². The minimum Gasteiger partial charge on any atom is -0.334 e. The minimum absolute atomic E-state index is 0. The van der Waals surface area contributed by atoms with Crippen molar-refractivity contribution >= 4 is 36.4 Å². The second-order valence-electron chi connectivity index (χ2n) is 6.45. The number of aromatic nitrogens is 2. The Labute approximate surface area is 154 Å². The van der Waals surface area contributed by atoms with Gasteiger partial charge in [-0.2, -0.15) is 0 Å². The molecule has 24 heavy (non-hydrogen) atoms. The Bertz CT molecular complexity index is 666. The number of rotatable bonds is 3. The highest BCUT2D eigenvalue weighted by molar-refractivity contribution is 5.97. The standard InChI is InChI=1S/C17H22N4O.2ClH/c1-17(2,18)16(22)19-13-8-6-12(7-9-13)14-11-21-10-4-3-5-15(21)20-14;;/h6-9,11H,3-5,10,18H2,1-2H3,(H,19,22);2*1H. The average Bonchev–Trinajstić information content (AvgIpc) is 2.91. The maximum atomic E-state index is 11.9. The number of aryl methyl sites for hydroxylation is 2. The van der Waals surface area contributed by atoms with Gasteiger partial charge in [0.2, 0.25) is 5.91 Å². The van der Waals surface area contributed by atoms with Gasteiger partial charge in [0.25, 0.3) is 0 Å². The Hall–Kier alpha value is -1.56. The summed E-state index contributed by atoms with van der Waals surface area (Å²) >= 11 is 0. The molecule has 1 aliphatic rings. The van der Waals surface area contributed by atoms with Gasteiger partial charge < -0.3 is 15.6 Å². The van der Waals surface area contributed by atoms with Crippen LogP contribution in [-0.4, -0.2) is 21.0 Å². The summed E-state index contributed by atoms with van der Waals surface area (Å²) in [6, 6.07) is 7.73. The minimum atomic E-state index is -0.887. The highest BCUT2D eigenvalue weighted by atomic mass is 35.5. The number of hydrogen-bond acceptors (Lipinski definition) is 3. The van der Waals surface area contributed by atoms with Crippen molar-refractivity contribution in [1.29, 1.82) is 0 Å². The van der Waals surface area contributed by atoms with Crippen LogP contribution in [0, 0.1) is 0 Å². The van der Waals surface area contributed by atoms with Gasteiger partial charge in [0.1, 0.15) is 5.82 Å². The van der Waals surface area contributed by atoms with Crippen LogP contribution in [0.1, 0.15) is 32.5 Å². The third-order valence-electron chi connectivity index (χ3n) is 3.93. The van der Waals surface area contributed by atoms with E-state index in [0.717, 1.165) is 29.9 Å². The lowest BCUT2D eigenvalue weighted by Gasteiger charge is -2.17. The number of carbonyl (C=O) groups is 1. The SMILES string of the molecule is CC(C)(N)C(=O)Nc1ccc(-c2cn3c(n2)CCCC3)cc1.Cl.Cl. The summed E-state index contributed by atoms with van der Waals surface area (Å²) in [6.45, 7) is 4.43. The summed E-state index contributed by atoms with van der Waals surface area (Å²) < 4.78 is 2.24. The van der Waals surface area contributed by atoms with Gasteiger partial charge in [-0.15, -0.1) is 24.8 Å². The van der Waals surface area contributed by atoms with E-state index in [4.69, 9.17) is 10.7 Å². The van der Waals surface area contributed by atoms with Crippen LogP contribution in [0.2, 0.25) is 0 Å². The maximum absolute atomic E-state index is 11.9. The fourth-order valence-corrected chi connectivity index (χ4v) is 2.57. The molecule has 3 rings (SSSR count). The molecule has 0 spiro atoms. The molecule has 0 saturated heterocycles. The molecule has 0 saturated carbocycles. The first-order chi connectivity index (χ1) is 10.4. The lowest BCUT2D eigenvalue weighted by molar-refractivity contribution is -0.120. The number of hydrogen-bond donors (Lipinski definition) is 2. The Kier molecular flexibility index (Phi) is 6.84. The molecule has 132 valence electrons. The molecule has 7 heteroatoms. The molecule has 0 unspecified atom stereocenters. The number of imidazole rings is 1. The van der Waals surface area contributed by atoms with E-state index in [2.05, 4.69) is 16.1 Å². The van der Waals surface area contributed by atoms with Gasteiger partial charge in [0.05, 0.1) is 11.2 Å². The second-order valence-corrected chi connectivity index (χ2v) is 6.45. The monoisotopic (exact) mass is 370 g/mol. The zero-order valence-electron chi connectivity index (χ0n) is 13.9.